The van der Waals surface area contributed by atoms with E-state index in [1.54, 1.807) is 11.5 Å². The van der Waals surface area contributed by atoms with Gasteiger partial charge in [-0.25, -0.2) is 14.2 Å². The fourth-order valence-corrected chi connectivity index (χ4v) is 3.14. The number of carbonyl (C=O) groups is 2. The summed E-state index contributed by atoms with van der Waals surface area (Å²) < 4.78 is 20.1. The number of aliphatic hydroxyl groups excluding tert-OH is 1. The number of nitrogens with zero attached hydrogens (tertiary/aromatic N) is 2. The highest BCUT2D eigenvalue weighted by atomic mass is 19.1. The van der Waals surface area contributed by atoms with Gasteiger partial charge in [0.05, 0.1) is 12.5 Å². The Labute approximate surface area is 149 Å². The predicted molar refractivity (Wildman–Crippen MR) is 89.1 cm³/mol. The predicted octanol–water partition coefficient (Wildman–Crippen LogP) is 2.15. The largest absolute Gasteiger partial charge is 0.476 e. The summed E-state index contributed by atoms with van der Waals surface area (Å²) in [5.41, 5.74) is 0.965. The van der Waals surface area contributed by atoms with E-state index in [2.05, 4.69) is 4.98 Å². The van der Waals surface area contributed by atoms with Gasteiger partial charge < -0.3 is 19.5 Å². The number of esters is 1. The third-order valence-corrected chi connectivity index (χ3v) is 4.44. The van der Waals surface area contributed by atoms with Gasteiger partial charge in [0, 0.05) is 30.6 Å². The molecule has 2 aromatic rings. The Kier molecular flexibility index (Phi) is 5.03. The maximum atomic E-state index is 13.2. The Hall–Kier alpha value is -2.74. The van der Waals surface area contributed by atoms with Crippen LogP contribution >= 0.6 is 0 Å². The van der Waals surface area contributed by atoms with Crippen LogP contribution in [0.3, 0.4) is 0 Å². The highest BCUT2D eigenvalue weighted by Crippen LogP contribution is 2.25. The van der Waals surface area contributed by atoms with E-state index in [0.29, 0.717) is 36.5 Å². The number of halogens is 1. The van der Waals surface area contributed by atoms with Crippen molar-refractivity contribution in [3.63, 3.8) is 0 Å². The lowest BCUT2D eigenvalue weighted by molar-refractivity contribution is -0.160. The number of benzene rings is 1. The molecule has 0 radical (unpaired) electrons. The molecule has 1 aliphatic rings. The third-order valence-electron chi connectivity index (χ3n) is 4.44. The van der Waals surface area contributed by atoms with E-state index in [1.165, 1.54) is 24.3 Å². The second-order valence-corrected chi connectivity index (χ2v) is 6.33. The van der Waals surface area contributed by atoms with Crippen LogP contribution in [0.2, 0.25) is 0 Å². The Balaban J connectivity index is 1.88. The molecular weight excluding hydrogens is 343 g/mol. The summed E-state index contributed by atoms with van der Waals surface area (Å²) in [5, 5.41) is 19.0. The summed E-state index contributed by atoms with van der Waals surface area (Å²) in [6.07, 6.45) is -0.423. The molecule has 7 nitrogen and oxygen atoms in total. The molecule has 1 saturated heterocycles. The van der Waals surface area contributed by atoms with Crippen molar-refractivity contribution in [3.05, 3.63) is 41.5 Å². The van der Waals surface area contributed by atoms with E-state index >= 15 is 0 Å². The van der Waals surface area contributed by atoms with Crippen molar-refractivity contribution < 1.29 is 28.9 Å². The van der Waals surface area contributed by atoms with E-state index in [4.69, 9.17) is 4.74 Å². The van der Waals surface area contributed by atoms with Gasteiger partial charge in [-0.1, -0.05) is 0 Å². The summed E-state index contributed by atoms with van der Waals surface area (Å²) in [7, 11) is 0. The number of imidazole rings is 1. The number of carboxylic acid groups (broad SMARTS) is 1. The van der Waals surface area contributed by atoms with Crippen LogP contribution in [0, 0.1) is 12.7 Å². The first-order chi connectivity index (χ1) is 12.3. The Morgan fingerprint density at radius 2 is 2.08 bits per heavy atom. The van der Waals surface area contributed by atoms with E-state index in [9.17, 15) is 24.2 Å². The zero-order valence-corrected chi connectivity index (χ0v) is 14.2. The van der Waals surface area contributed by atoms with Gasteiger partial charge in [-0.2, -0.15) is 0 Å². The Morgan fingerprint density at radius 1 is 1.38 bits per heavy atom. The number of carboxylic acids is 1. The maximum absolute atomic E-state index is 13.2. The third kappa shape index (κ3) is 3.75. The van der Waals surface area contributed by atoms with Crippen LogP contribution < -0.4 is 0 Å². The van der Waals surface area contributed by atoms with Crippen molar-refractivity contribution in [2.24, 2.45) is 0 Å². The molecule has 0 spiro atoms. The van der Waals surface area contributed by atoms with E-state index < -0.39 is 30.0 Å². The standard InChI is InChI=1S/C18H19FN2O5/c1-10-16(18(24)25)20-17(11-2-4-12(19)5-3-11)21(10)7-6-14-8-13(22)9-15(23)26-14/h2-5,13-14,22H,6-9H2,1H3,(H,24,25)/t13-,14-/m1/s1. The van der Waals surface area contributed by atoms with Crippen LogP contribution in [0.5, 0.6) is 0 Å². The number of hydrogen-bond acceptors (Lipinski definition) is 5. The second kappa shape index (κ2) is 7.25. The molecule has 2 atom stereocenters. The smallest absolute Gasteiger partial charge is 0.356 e. The van der Waals surface area contributed by atoms with Crippen LogP contribution in [0.4, 0.5) is 4.39 Å². The highest BCUT2D eigenvalue weighted by molar-refractivity contribution is 5.87. The molecule has 1 aliphatic heterocycles. The molecule has 0 unspecified atom stereocenters. The first kappa shape index (κ1) is 18.1. The van der Waals surface area contributed by atoms with Gasteiger partial charge in [0.25, 0.3) is 0 Å². The average Bonchev–Trinajstić information content (AvgIpc) is 2.90. The number of aromatic carboxylic acids is 1. The summed E-state index contributed by atoms with van der Waals surface area (Å²) >= 11 is 0. The topological polar surface area (TPSA) is 102 Å². The lowest BCUT2D eigenvalue weighted by atomic mass is 10.0. The quantitative estimate of drug-likeness (QED) is 0.791. The number of rotatable bonds is 5. The molecule has 8 heteroatoms. The number of carbonyl (C=O) groups excluding carboxylic acids is 1. The van der Waals surface area contributed by atoms with E-state index in [-0.39, 0.29) is 12.1 Å². The van der Waals surface area contributed by atoms with Crippen LogP contribution in [-0.2, 0) is 16.1 Å². The molecule has 2 N–H and O–H groups in total. The summed E-state index contributed by atoms with van der Waals surface area (Å²) in [6.45, 7) is 1.99. The van der Waals surface area contributed by atoms with E-state index in [0.717, 1.165) is 0 Å². The van der Waals surface area contributed by atoms with Crippen molar-refractivity contribution in [3.8, 4) is 11.4 Å². The normalized spacial score (nSPS) is 20.0. The highest BCUT2D eigenvalue weighted by Gasteiger charge is 2.28. The van der Waals surface area contributed by atoms with Crippen LogP contribution in [0.15, 0.2) is 24.3 Å². The van der Waals surface area contributed by atoms with Gasteiger partial charge in [-0.05, 0) is 31.2 Å². The molecule has 1 aromatic heterocycles. The first-order valence-electron chi connectivity index (χ1n) is 8.29. The molecule has 0 aliphatic carbocycles. The van der Waals surface area contributed by atoms with Gasteiger partial charge >= 0.3 is 11.9 Å². The number of aromatic nitrogens is 2. The SMILES string of the molecule is Cc1c(C(=O)O)nc(-c2ccc(F)cc2)n1CC[C@@H]1C[C@@H](O)CC(=O)O1. The number of ether oxygens (including phenoxy) is 1. The van der Waals surface area contributed by atoms with Crippen molar-refractivity contribution in [2.75, 3.05) is 0 Å². The van der Waals surface area contributed by atoms with Gasteiger partial charge in [0.1, 0.15) is 17.7 Å². The van der Waals surface area contributed by atoms with Crippen molar-refractivity contribution in [2.45, 2.75) is 44.9 Å². The molecule has 0 saturated carbocycles. The van der Waals surface area contributed by atoms with Crippen molar-refractivity contribution in [1.82, 2.24) is 9.55 Å². The minimum absolute atomic E-state index is 0.00933. The molecule has 138 valence electrons. The van der Waals surface area contributed by atoms with Gasteiger partial charge in [-0.3, -0.25) is 4.79 Å². The van der Waals surface area contributed by atoms with Crippen molar-refractivity contribution in [1.29, 1.82) is 0 Å². The maximum Gasteiger partial charge on any atom is 0.356 e. The molecule has 26 heavy (non-hydrogen) atoms. The summed E-state index contributed by atoms with van der Waals surface area (Å²) in [4.78, 5) is 27.1. The zero-order valence-electron chi connectivity index (χ0n) is 14.2. The first-order valence-corrected chi connectivity index (χ1v) is 8.29. The minimum atomic E-state index is -1.15. The molecule has 1 aromatic carbocycles. The lowest BCUT2D eigenvalue weighted by Crippen LogP contribution is -2.33. The Morgan fingerprint density at radius 3 is 2.69 bits per heavy atom. The van der Waals surface area contributed by atoms with E-state index in [1.807, 2.05) is 0 Å². The van der Waals surface area contributed by atoms with Crippen LogP contribution in [0.25, 0.3) is 11.4 Å². The van der Waals surface area contributed by atoms with Crippen LogP contribution in [-0.4, -0.2) is 43.9 Å². The lowest BCUT2D eigenvalue weighted by Gasteiger charge is -2.26. The fourth-order valence-electron chi connectivity index (χ4n) is 3.14. The average molecular weight is 362 g/mol. The van der Waals surface area contributed by atoms with Gasteiger partial charge in [0.2, 0.25) is 0 Å². The monoisotopic (exact) mass is 362 g/mol. The van der Waals surface area contributed by atoms with Crippen molar-refractivity contribution >= 4 is 11.9 Å². The molecule has 0 bridgehead atoms. The summed E-state index contributed by atoms with van der Waals surface area (Å²) in [5.74, 6) is -1.59. The minimum Gasteiger partial charge on any atom is -0.476 e. The number of hydrogen-bond donors (Lipinski definition) is 2. The molecular formula is C18H19FN2O5. The van der Waals surface area contributed by atoms with Gasteiger partial charge in [0.15, 0.2) is 5.69 Å². The molecule has 3 rings (SSSR count). The Bertz CT molecular complexity index is 831. The number of cyclic esters (lactones) is 1. The van der Waals surface area contributed by atoms with Gasteiger partial charge in [-0.15, -0.1) is 0 Å². The molecule has 1 fully saturated rings. The zero-order chi connectivity index (χ0) is 18.8. The van der Waals surface area contributed by atoms with Crippen LogP contribution in [0.1, 0.15) is 35.4 Å². The fraction of sp³-hybridized carbons (Fsp3) is 0.389. The molecule has 2 heterocycles. The number of aliphatic hydroxyl groups is 1. The summed E-state index contributed by atoms with van der Waals surface area (Å²) in [6, 6.07) is 5.63. The molecule has 0 amide bonds. The second-order valence-electron chi connectivity index (χ2n) is 6.33.